The second kappa shape index (κ2) is 3.36. The smallest absolute Gasteiger partial charge is 0.166 e. The highest BCUT2D eigenvalue weighted by Gasteiger charge is 2.23. The third-order valence-corrected chi connectivity index (χ3v) is 2.55. The molecule has 0 saturated carbocycles. The van der Waals surface area contributed by atoms with Gasteiger partial charge in [0.1, 0.15) is 0 Å². The van der Waals surface area contributed by atoms with E-state index in [0.717, 1.165) is 13.1 Å². The summed E-state index contributed by atoms with van der Waals surface area (Å²) in [5.41, 5.74) is 5.50. The Labute approximate surface area is 73.1 Å². The highest BCUT2D eigenvalue weighted by atomic mass is 32.1. The fourth-order valence-corrected chi connectivity index (χ4v) is 1.56. The number of nitrogens with zero attached hydrogens (tertiary/aromatic N) is 2. The summed E-state index contributed by atoms with van der Waals surface area (Å²) in [7, 11) is 4.08. The summed E-state index contributed by atoms with van der Waals surface area (Å²) >= 11 is 4.88. The van der Waals surface area contributed by atoms with Crippen molar-refractivity contribution in [1.29, 1.82) is 0 Å². The Hall–Kier alpha value is -0.350. The van der Waals surface area contributed by atoms with Gasteiger partial charge in [-0.2, -0.15) is 0 Å². The van der Waals surface area contributed by atoms with Crippen LogP contribution < -0.4 is 5.73 Å². The largest absolute Gasteiger partial charge is 0.376 e. The first-order valence-corrected chi connectivity index (χ1v) is 4.23. The van der Waals surface area contributed by atoms with Gasteiger partial charge in [0.15, 0.2) is 5.11 Å². The minimum Gasteiger partial charge on any atom is -0.376 e. The molecule has 1 aliphatic heterocycles. The van der Waals surface area contributed by atoms with E-state index in [-0.39, 0.29) is 0 Å². The quantitative estimate of drug-likeness (QED) is 0.560. The maximum Gasteiger partial charge on any atom is 0.166 e. The molecule has 0 spiro atoms. The number of thiocarbonyl (C=S) groups is 1. The van der Waals surface area contributed by atoms with Crippen molar-refractivity contribution in [1.82, 2.24) is 9.80 Å². The molecule has 3 nitrogen and oxygen atoms in total. The Bertz CT molecular complexity index is 160. The molecular formula is C7H15N3S. The minimum absolute atomic E-state index is 0.505. The average Bonchev–Trinajstić information content (AvgIpc) is 2.34. The molecule has 1 heterocycles. The van der Waals surface area contributed by atoms with E-state index in [2.05, 4.69) is 11.9 Å². The normalized spacial score (nSPS) is 25.5. The Morgan fingerprint density at radius 1 is 1.73 bits per heavy atom. The zero-order chi connectivity index (χ0) is 8.43. The molecule has 0 aromatic heterocycles. The summed E-state index contributed by atoms with van der Waals surface area (Å²) in [5, 5.41) is 0.505. The van der Waals surface area contributed by atoms with Crippen LogP contribution in [0.2, 0.25) is 0 Å². The predicted molar refractivity (Wildman–Crippen MR) is 50.5 cm³/mol. The van der Waals surface area contributed by atoms with Crippen molar-refractivity contribution in [2.45, 2.75) is 12.5 Å². The molecule has 0 amide bonds. The maximum atomic E-state index is 5.50. The Morgan fingerprint density at radius 2 is 2.36 bits per heavy atom. The van der Waals surface area contributed by atoms with Crippen molar-refractivity contribution in [2.24, 2.45) is 5.73 Å². The lowest BCUT2D eigenvalue weighted by atomic mass is 10.2. The Kier molecular flexibility index (Phi) is 2.67. The molecular weight excluding hydrogens is 158 g/mol. The van der Waals surface area contributed by atoms with Gasteiger partial charge in [-0.3, -0.25) is 0 Å². The van der Waals surface area contributed by atoms with Crippen LogP contribution in [0.1, 0.15) is 6.42 Å². The van der Waals surface area contributed by atoms with Crippen LogP contribution in [0.15, 0.2) is 0 Å². The first-order valence-electron chi connectivity index (χ1n) is 3.82. The van der Waals surface area contributed by atoms with Crippen LogP contribution in [0.5, 0.6) is 0 Å². The molecule has 1 unspecified atom stereocenters. The summed E-state index contributed by atoms with van der Waals surface area (Å²) in [6.07, 6.45) is 1.17. The molecule has 4 heteroatoms. The average molecular weight is 173 g/mol. The number of rotatable bonds is 1. The fourth-order valence-electron chi connectivity index (χ4n) is 1.41. The molecule has 0 aromatic rings. The van der Waals surface area contributed by atoms with Crippen LogP contribution in [0.3, 0.4) is 0 Å². The molecule has 1 atom stereocenters. The molecule has 0 radical (unpaired) electrons. The highest BCUT2D eigenvalue weighted by Crippen LogP contribution is 2.11. The van der Waals surface area contributed by atoms with Crippen molar-refractivity contribution in [3.63, 3.8) is 0 Å². The van der Waals surface area contributed by atoms with E-state index < -0.39 is 0 Å². The van der Waals surface area contributed by atoms with Crippen LogP contribution >= 0.6 is 12.2 Å². The number of hydrogen-bond donors (Lipinski definition) is 1. The van der Waals surface area contributed by atoms with Gasteiger partial charge in [0, 0.05) is 19.6 Å². The van der Waals surface area contributed by atoms with E-state index in [1.165, 1.54) is 6.42 Å². The van der Waals surface area contributed by atoms with E-state index in [9.17, 15) is 0 Å². The van der Waals surface area contributed by atoms with Crippen molar-refractivity contribution in [3.8, 4) is 0 Å². The number of nitrogens with two attached hydrogens (primary N) is 1. The molecule has 0 aromatic carbocycles. The highest BCUT2D eigenvalue weighted by molar-refractivity contribution is 7.80. The van der Waals surface area contributed by atoms with Crippen LogP contribution in [0.25, 0.3) is 0 Å². The SMILES string of the molecule is CN1CCC(N(C)C(N)=S)C1. The van der Waals surface area contributed by atoms with Crippen LogP contribution in [0, 0.1) is 0 Å². The first kappa shape index (κ1) is 8.74. The summed E-state index contributed by atoms with van der Waals surface area (Å²) in [6.45, 7) is 2.23. The molecule has 0 aliphatic carbocycles. The van der Waals surface area contributed by atoms with Gasteiger partial charge in [-0.1, -0.05) is 0 Å². The minimum atomic E-state index is 0.505. The summed E-state index contributed by atoms with van der Waals surface area (Å²) in [5.74, 6) is 0. The van der Waals surface area contributed by atoms with E-state index in [0.29, 0.717) is 11.2 Å². The van der Waals surface area contributed by atoms with Crippen molar-refractivity contribution >= 4 is 17.3 Å². The van der Waals surface area contributed by atoms with Gasteiger partial charge in [-0.25, -0.2) is 0 Å². The lowest BCUT2D eigenvalue weighted by molar-refractivity contribution is 0.344. The second-order valence-electron chi connectivity index (χ2n) is 3.15. The van der Waals surface area contributed by atoms with Crippen molar-refractivity contribution < 1.29 is 0 Å². The third-order valence-electron chi connectivity index (χ3n) is 2.26. The van der Waals surface area contributed by atoms with E-state index in [4.69, 9.17) is 18.0 Å². The van der Waals surface area contributed by atoms with Gasteiger partial charge >= 0.3 is 0 Å². The monoisotopic (exact) mass is 173 g/mol. The molecule has 11 heavy (non-hydrogen) atoms. The molecule has 1 aliphatic rings. The summed E-state index contributed by atoms with van der Waals surface area (Å²) in [6, 6.07) is 0.525. The van der Waals surface area contributed by atoms with E-state index in [1.54, 1.807) is 0 Å². The molecule has 64 valence electrons. The Balaban J connectivity index is 2.43. The number of hydrogen-bond acceptors (Lipinski definition) is 2. The van der Waals surface area contributed by atoms with Gasteiger partial charge in [0.2, 0.25) is 0 Å². The van der Waals surface area contributed by atoms with Crippen LogP contribution in [-0.4, -0.2) is 48.1 Å². The van der Waals surface area contributed by atoms with Gasteiger partial charge in [0.25, 0.3) is 0 Å². The van der Waals surface area contributed by atoms with Gasteiger partial charge in [-0.15, -0.1) is 0 Å². The predicted octanol–water partition coefficient (Wildman–Crippen LogP) is -0.134. The summed E-state index contributed by atoms with van der Waals surface area (Å²) < 4.78 is 0. The molecule has 0 bridgehead atoms. The van der Waals surface area contributed by atoms with E-state index >= 15 is 0 Å². The van der Waals surface area contributed by atoms with Crippen LogP contribution in [0.4, 0.5) is 0 Å². The maximum absolute atomic E-state index is 5.50. The lowest BCUT2D eigenvalue weighted by Gasteiger charge is -2.24. The van der Waals surface area contributed by atoms with Crippen molar-refractivity contribution in [3.05, 3.63) is 0 Å². The molecule has 2 N–H and O–H groups in total. The van der Waals surface area contributed by atoms with Gasteiger partial charge in [-0.05, 0) is 32.2 Å². The van der Waals surface area contributed by atoms with Crippen molar-refractivity contribution in [2.75, 3.05) is 27.2 Å². The van der Waals surface area contributed by atoms with Gasteiger partial charge < -0.3 is 15.5 Å². The standard InChI is InChI=1S/C7H15N3S/c1-9-4-3-6(5-9)10(2)7(8)11/h6H,3-5H2,1-2H3,(H2,8,11). The number of likely N-dealkylation sites (tertiary alicyclic amines) is 1. The van der Waals surface area contributed by atoms with Crippen LogP contribution in [-0.2, 0) is 0 Å². The Morgan fingerprint density at radius 3 is 2.73 bits per heavy atom. The fraction of sp³-hybridized carbons (Fsp3) is 0.857. The molecule has 1 fully saturated rings. The summed E-state index contributed by atoms with van der Waals surface area (Å²) in [4.78, 5) is 4.28. The topological polar surface area (TPSA) is 32.5 Å². The van der Waals surface area contributed by atoms with E-state index in [1.807, 2.05) is 11.9 Å². The third kappa shape index (κ3) is 2.04. The molecule has 1 rings (SSSR count). The zero-order valence-corrected chi connectivity index (χ0v) is 7.90. The zero-order valence-electron chi connectivity index (χ0n) is 7.08. The number of likely N-dealkylation sites (N-methyl/N-ethyl adjacent to an activating group) is 2. The van der Waals surface area contributed by atoms with Gasteiger partial charge in [0.05, 0.1) is 0 Å². The molecule has 1 saturated heterocycles. The first-order chi connectivity index (χ1) is 5.11. The second-order valence-corrected chi connectivity index (χ2v) is 3.57. The lowest BCUT2D eigenvalue weighted by Crippen LogP contribution is -2.41.